The molecule has 1 aliphatic rings. The summed E-state index contributed by atoms with van der Waals surface area (Å²) in [5.41, 5.74) is 6.36. The number of amides is 1. The van der Waals surface area contributed by atoms with Crippen molar-refractivity contribution in [3.63, 3.8) is 0 Å². The lowest BCUT2D eigenvalue weighted by Crippen LogP contribution is -2.39. The Kier molecular flexibility index (Phi) is 6.59. The summed E-state index contributed by atoms with van der Waals surface area (Å²) in [6, 6.07) is 7.34. The average molecular weight is 318 g/mol. The third kappa shape index (κ3) is 5.36. The second-order valence-electron chi connectivity index (χ2n) is 6.14. The van der Waals surface area contributed by atoms with E-state index in [-0.39, 0.29) is 17.7 Å². The Morgan fingerprint density at radius 1 is 1.35 bits per heavy atom. The zero-order valence-electron chi connectivity index (χ0n) is 13.7. The van der Waals surface area contributed by atoms with Crippen LogP contribution in [0.5, 0.6) is 5.75 Å². The largest absolute Gasteiger partial charge is 0.494 e. The van der Waals surface area contributed by atoms with Crippen LogP contribution in [0.1, 0.15) is 49.4 Å². The monoisotopic (exact) mass is 318 g/mol. The lowest BCUT2D eigenvalue weighted by Gasteiger charge is -2.19. The summed E-state index contributed by atoms with van der Waals surface area (Å²) in [5, 5.41) is 3.08. The zero-order chi connectivity index (χ0) is 16.7. The molecule has 1 saturated carbocycles. The molecule has 2 unspecified atom stereocenters. The number of Topliss-reactive ketones (excluding diaryl/α,β-unsaturated/α-hetero) is 1. The van der Waals surface area contributed by atoms with Gasteiger partial charge in [0.15, 0.2) is 5.78 Å². The summed E-state index contributed by atoms with van der Waals surface area (Å²) in [4.78, 5) is 23.3. The van der Waals surface area contributed by atoms with Gasteiger partial charge in [0.2, 0.25) is 5.91 Å². The highest BCUT2D eigenvalue weighted by Gasteiger charge is 2.26. The Morgan fingerprint density at radius 3 is 2.91 bits per heavy atom. The van der Waals surface area contributed by atoms with Crippen LogP contribution in [0.15, 0.2) is 24.3 Å². The van der Waals surface area contributed by atoms with E-state index in [1.807, 2.05) is 6.07 Å². The number of ketones is 1. The molecule has 0 aliphatic heterocycles. The molecule has 1 amide bonds. The molecular formula is C18H26N2O3. The smallest absolute Gasteiger partial charge is 0.220 e. The predicted molar refractivity (Wildman–Crippen MR) is 89.5 cm³/mol. The number of hydrogen-bond donors (Lipinski definition) is 2. The summed E-state index contributed by atoms with van der Waals surface area (Å²) in [6.45, 7) is 2.63. The van der Waals surface area contributed by atoms with Crippen molar-refractivity contribution < 1.29 is 14.3 Å². The first kappa shape index (κ1) is 17.5. The maximum atomic E-state index is 12.0. The molecule has 1 fully saturated rings. The third-order valence-corrected chi connectivity index (χ3v) is 4.37. The van der Waals surface area contributed by atoms with E-state index in [0.29, 0.717) is 43.2 Å². The van der Waals surface area contributed by atoms with Gasteiger partial charge in [-0.25, -0.2) is 0 Å². The van der Waals surface area contributed by atoms with Crippen molar-refractivity contribution in [2.75, 3.05) is 13.2 Å². The lowest BCUT2D eigenvalue weighted by molar-refractivity contribution is -0.122. The van der Waals surface area contributed by atoms with Gasteiger partial charge in [0.25, 0.3) is 0 Å². The summed E-state index contributed by atoms with van der Waals surface area (Å²) in [6.07, 6.45) is 4.37. The molecule has 1 aromatic carbocycles. The molecule has 0 heterocycles. The normalized spacial score (nSPS) is 20.3. The van der Waals surface area contributed by atoms with Crippen LogP contribution in [0.3, 0.4) is 0 Å². The number of nitrogens with two attached hydrogens (primary N) is 1. The Bertz CT molecular complexity index is 545. The van der Waals surface area contributed by atoms with Gasteiger partial charge >= 0.3 is 0 Å². The number of ether oxygens (including phenoxy) is 1. The van der Waals surface area contributed by atoms with E-state index in [1.165, 1.54) is 6.92 Å². The van der Waals surface area contributed by atoms with E-state index in [0.717, 1.165) is 19.3 Å². The Morgan fingerprint density at radius 2 is 2.17 bits per heavy atom. The van der Waals surface area contributed by atoms with E-state index < -0.39 is 0 Å². The highest BCUT2D eigenvalue weighted by molar-refractivity contribution is 5.94. The van der Waals surface area contributed by atoms with E-state index in [2.05, 4.69) is 5.32 Å². The molecule has 2 atom stereocenters. The molecule has 1 aliphatic carbocycles. The van der Waals surface area contributed by atoms with Crippen molar-refractivity contribution >= 4 is 11.7 Å². The fourth-order valence-corrected chi connectivity index (χ4v) is 3.02. The fourth-order valence-electron chi connectivity index (χ4n) is 3.02. The lowest BCUT2D eigenvalue weighted by atomic mass is 10.0. The van der Waals surface area contributed by atoms with E-state index in [4.69, 9.17) is 10.5 Å². The van der Waals surface area contributed by atoms with Crippen LogP contribution < -0.4 is 15.8 Å². The van der Waals surface area contributed by atoms with Crippen LogP contribution >= 0.6 is 0 Å². The maximum absolute atomic E-state index is 12.0. The molecule has 2 rings (SSSR count). The van der Waals surface area contributed by atoms with Crippen LogP contribution in [-0.4, -0.2) is 30.9 Å². The molecular weight excluding hydrogens is 292 g/mol. The SMILES string of the molecule is CC(=O)c1cccc(OCCCC(=O)NC2CCCC2CN)c1. The molecule has 0 radical (unpaired) electrons. The fraction of sp³-hybridized carbons (Fsp3) is 0.556. The van der Waals surface area contributed by atoms with Crippen molar-refractivity contribution in [1.82, 2.24) is 5.32 Å². The van der Waals surface area contributed by atoms with Crippen molar-refractivity contribution in [3.8, 4) is 5.75 Å². The first-order chi connectivity index (χ1) is 11.1. The van der Waals surface area contributed by atoms with Crippen molar-refractivity contribution in [1.29, 1.82) is 0 Å². The standard InChI is InChI=1S/C18H26N2O3/c1-13(21)14-5-2-7-16(11-14)23-10-4-9-18(22)20-17-8-3-6-15(17)12-19/h2,5,7,11,15,17H,3-4,6,8-10,12,19H2,1H3,(H,20,22). The molecule has 126 valence electrons. The van der Waals surface area contributed by atoms with Gasteiger partial charge in [-0.2, -0.15) is 0 Å². The van der Waals surface area contributed by atoms with Crippen LogP contribution in [0.25, 0.3) is 0 Å². The van der Waals surface area contributed by atoms with Crippen molar-refractivity contribution in [2.45, 2.75) is 45.1 Å². The molecule has 3 N–H and O–H groups in total. The Balaban J connectivity index is 1.68. The van der Waals surface area contributed by atoms with E-state index >= 15 is 0 Å². The number of nitrogens with one attached hydrogen (secondary N) is 1. The summed E-state index contributed by atoms with van der Waals surface area (Å²) in [5.74, 6) is 1.17. The summed E-state index contributed by atoms with van der Waals surface area (Å²) >= 11 is 0. The molecule has 0 bridgehead atoms. The molecule has 5 nitrogen and oxygen atoms in total. The average Bonchev–Trinajstić information content (AvgIpc) is 2.99. The van der Waals surface area contributed by atoms with Gasteiger partial charge in [0.05, 0.1) is 6.61 Å². The van der Waals surface area contributed by atoms with Gasteiger partial charge in [-0.05, 0) is 50.8 Å². The minimum absolute atomic E-state index is 0.0147. The first-order valence-corrected chi connectivity index (χ1v) is 8.33. The van der Waals surface area contributed by atoms with Crippen LogP contribution in [-0.2, 0) is 4.79 Å². The topological polar surface area (TPSA) is 81.4 Å². The second-order valence-corrected chi connectivity index (χ2v) is 6.14. The Hall–Kier alpha value is -1.88. The molecule has 5 heteroatoms. The maximum Gasteiger partial charge on any atom is 0.220 e. The van der Waals surface area contributed by atoms with Gasteiger partial charge in [-0.15, -0.1) is 0 Å². The number of carbonyl (C=O) groups is 2. The number of hydrogen-bond acceptors (Lipinski definition) is 4. The predicted octanol–water partition coefficient (Wildman–Crippen LogP) is 2.29. The zero-order valence-corrected chi connectivity index (χ0v) is 13.7. The molecule has 0 aromatic heterocycles. The van der Waals surface area contributed by atoms with Gasteiger partial charge < -0.3 is 15.8 Å². The molecule has 1 aromatic rings. The highest BCUT2D eigenvalue weighted by atomic mass is 16.5. The highest BCUT2D eigenvalue weighted by Crippen LogP contribution is 2.24. The van der Waals surface area contributed by atoms with E-state index in [1.54, 1.807) is 18.2 Å². The molecule has 0 spiro atoms. The minimum Gasteiger partial charge on any atom is -0.494 e. The number of rotatable bonds is 8. The van der Waals surface area contributed by atoms with Crippen LogP contribution in [0, 0.1) is 5.92 Å². The Labute approximate surface area is 137 Å². The second kappa shape index (κ2) is 8.67. The summed E-state index contributed by atoms with van der Waals surface area (Å²) < 4.78 is 5.61. The van der Waals surface area contributed by atoms with Gasteiger partial charge in [0, 0.05) is 18.0 Å². The van der Waals surface area contributed by atoms with Gasteiger partial charge in [-0.3, -0.25) is 9.59 Å². The van der Waals surface area contributed by atoms with Gasteiger partial charge in [-0.1, -0.05) is 18.6 Å². The number of carbonyl (C=O) groups excluding carboxylic acids is 2. The minimum atomic E-state index is 0.0147. The van der Waals surface area contributed by atoms with Crippen LogP contribution in [0.2, 0.25) is 0 Å². The quantitative estimate of drug-likeness (QED) is 0.569. The first-order valence-electron chi connectivity index (χ1n) is 8.33. The molecule has 23 heavy (non-hydrogen) atoms. The van der Waals surface area contributed by atoms with Crippen molar-refractivity contribution in [2.24, 2.45) is 11.7 Å². The van der Waals surface area contributed by atoms with Crippen LogP contribution in [0.4, 0.5) is 0 Å². The van der Waals surface area contributed by atoms with E-state index in [9.17, 15) is 9.59 Å². The van der Waals surface area contributed by atoms with Crippen molar-refractivity contribution in [3.05, 3.63) is 29.8 Å². The molecule has 0 saturated heterocycles. The number of benzene rings is 1. The third-order valence-electron chi connectivity index (χ3n) is 4.37. The van der Waals surface area contributed by atoms with Gasteiger partial charge in [0.1, 0.15) is 5.75 Å². The summed E-state index contributed by atoms with van der Waals surface area (Å²) in [7, 11) is 0.